The molecule has 0 saturated carbocycles. The molecule has 1 aliphatic heterocycles. The number of rotatable bonds is 4. The van der Waals surface area contributed by atoms with Crippen LogP contribution in [0.25, 0.3) is 11.0 Å². The topological polar surface area (TPSA) is 59.8 Å². The van der Waals surface area contributed by atoms with Crippen LogP contribution >= 0.6 is 27.5 Å². The summed E-state index contributed by atoms with van der Waals surface area (Å²) in [6.45, 7) is 2.52. The monoisotopic (exact) mass is 461 g/mol. The van der Waals surface area contributed by atoms with E-state index in [1.165, 1.54) is 0 Å². The lowest BCUT2D eigenvalue weighted by atomic mass is 9.98. The van der Waals surface area contributed by atoms with E-state index in [-0.39, 0.29) is 17.1 Å². The van der Waals surface area contributed by atoms with Crippen molar-refractivity contribution in [1.82, 2.24) is 4.90 Å². The SMILES string of the molecule is COCCN1C(=O)c2oc3cc(C)c(Cl)cc3c(=O)c2C1c1ccc(Br)cc1. The van der Waals surface area contributed by atoms with Gasteiger partial charge in [0.05, 0.1) is 23.6 Å². The third-order valence-electron chi connectivity index (χ3n) is 4.97. The van der Waals surface area contributed by atoms with Gasteiger partial charge in [-0.05, 0) is 42.3 Å². The molecular formula is C21H17BrClNO4. The molecule has 2 aromatic carbocycles. The number of benzene rings is 2. The van der Waals surface area contributed by atoms with Gasteiger partial charge in [0, 0.05) is 23.1 Å². The van der Waals surface area contributed by atoms with E-state index in [2.05, 4.69) is 15.9 Å². The molecule has 0 N–H and O–H groups in total. The van der Waals surface area contributed by atoms with E-state index in [1.54, 1.807) is 24.1 Å². The molecule has 4 rings (SSSR count). The normalized spacial score (nSPS) is 16.1. The van der Waals surface area contributed by atoms with Gasteiger partial charge in [0.15, 0.2) is 5.43 Å². The first-order valence-corrected chi connectivity index (χ1v) is 9.91. The largest absolute Gasteiger partial charge is 0.450 e. The summed E-state index contributed by atoms with van der Waals surface area (Å²) in [4.78, 5) is 28.1. The van der Waals surface area contributed by atoms with E-state index in [0.29, 0.717) is 34.7 Å². The number of halogens is 2. The van der Waals surface area contributed by atoms with Gasteiger partial charge in [0.25, 0.3) is 5.91 Å². The first kappa shape index (κ1) is 19.2. The Kier molecular flexibility index (Phi) is 5.04. The lowest BCUT2D eigenvalue weighted by molar-refractivity contribution is 0.0663. The summed E-state index contributed by atoms with van der Waals surface area (Å²) in [5.74, 6) is -0.227. The zero-order valence-electron chi connectivity index (χ0n) is 15.3. The molecule has 1 atom stereocenters. The fraction of sp³-hybridized carbons (Fsp3) is 0.238. The van der Waals surface area contributed by atoms with E-state index in [1.807, 2.05) is 31.2 Å². The molecular weight excluding hydrogens is 446 g/mol. The van der Waals surface area contributed by atoms with Gasteiger partial charge in [-0.15, -0.1) is 0 Å². The number of nitrogens with zero attached hydrogens (tertiary/aromatic N) is 1. The lowest BCUT2D eigenvalue weighted by Crippen LogP contribution is -2.32. The number of carbonyl (C=O) groups excluding carboxylic acids is 1. The van der Waals surface area contributed by atoms with Crippen LogP contribution in [-0.2, 0) is 4.74 Å². The molecule has 0 fully saturated rings. The summed E-state index contributed by atoms with van der Waals surface area (Å²) in [5.41, 5.74) is 2.08. The summed E-state index contributed by atoms with van der Waals surface area (Å²) in [6.07, 6.45) is 0. The molecule has 7 heteroatoms. The molecule has 0 spiro atoms. The highest BCUT2D eigenvalue weighted by atomic mass is 79.9. The van der Waals surface area contributed by atoms with Gasteiger partial charge in [-0.25, -0.2) is 0 Å². The number of ether oxygens (including phenoxy) is 1. The Bertz CT molecular complexity index is 1140. The molecule has 1 unspecified atom stereocenters. The van der Waals surface area contributed by atoms with Crippen molar-refractivity contribution in [3.63, 3.8) is 0 Å². The predicted octanol–water partition coefficient (Wildman–Crippen LogP) is 4.71. The number of aryl methyl sites for hydroxylation is 1. The van der Waals surface area contributed by atoms with Crippen LogP contribution in [-0.4, -0.2) is 31.1 Å². The van der Waals surface area contributed by atoms with Crippen LogP contribution in [0.5, 0.6) is 0 Å². The summed E-state index contributed by atoms with van der Waals surface area (Å²) in [7, 11) is 1.57. The molecule has 0 aliphatic carbocycles. The third kappa shape index (κ3) is 3.05. The fourth-order valence-corrected chi connectivity index (χ4v) is 3.98. The Morgan fingerprint density at radius 2 is 1.93 bits per heavy atom. The van der Waals surface area contributed by atoms with Gasteiger partial charge in [-0.3, -0.25) is 9.59 Å². The van der Waals surface area contributed by atoms with Gasteiger partial charge < -0.3 is 14.1 Å². The molecule has 0 bridgehead atoms. The van der Waals surface area contributed by atoms with E-state index in [9.17, 15) is 9.59 Å². The zero-order chi connectivity index (χ0) is 20.0. The fourth-order valence-electron chi connectivity index (χ4n) is 3.55. The van der Waals surface area contributed by atoms with Gasteiger partial charge in [-0.2, -0.15) is 0 Å². The minimum absolute atomic E-state index is 0.0863. The minimum Gasteiger partial charge on any atom is -0.450 e. The Morgan fingerprint density at radius 1 is 1.21 bits per heavy atom. The van der Waals surface area contributed by atoms with E-state index >= 15 is 0 Å². The predicted molar refractivity (Wildman–Crippen MR) is 111 cm³/mol. The van der Waals surface area contributed by atoms with Crippen LogP contribution in [0.1, 0.15) is 33.3 Å². The van der Waals surface area contributed by atoms with Crippen LogP contribution in [0.2, 0.25) is 5.02 Å². The van der Waals surface area contributed by atoms with Crippen molar-refractivity contribution in [2.45, 2.75) is 13.0 Å². The van der Waals surface area contributed by atoms with Crippen LogP contribution in [0.15, 0.2) is 50.1 Å². The van der Waals surface area contributed by atoms with Gasteiger partial charge in [0.1, 0.15) is 5.58 Å². The maximum Gasteiger partial charge on any atom is 0.290 e. The van der Waals surface area contributed by atoms with Crippen LogP contribution < -0.4 is 5.43 Å². The highest BCUT2D eigenvalue weighted by Crippen LogP contribution is 2.38. The number of amides is 1. The first-order valence-electron chi connectivity index (χ1n) is 8.74. The number of carbonyl (C=O) groups is 1. The van der Waals surface area contributed by atoms with Crippen LogP contribution in [0.4, 0.5) is 0 Å². The van der Waals surface area contributed by atoms with Gasteiger partial charge in [0.2, 0.25) is 5.76 Å². The number of hydrogen-bond acceptors (Lipinski definition) is 4. The van der Waals surface area contributed by atoms with Crippen molar-refractivity contribution < 1.29 is 13.9 Å². The highest BCUT2D eigenvalue weighted by Gasteiger charge is 2.42. The summed E-state index contributed by atoms with van der Waals surface area (Å²) in [6, 6.07) is 10.3. The Morgan fingerprint density at radius 3 is 2.61 bits per heavy atom. The number of fused-ring (bicyclic) bond motifs is 2. The van der Waals surface area contributed by atoms with Crippen molar-refractivity contribution in [1.29, 1.82) is 0 Å². The van der Waals surface area contributed by atoms with E-state index < -0.39 is 6.04 Å². The number of methoxy groups -OCH3 is 1. The Labute approximate surface area is 175 Å². The molecule has 5 nitrogen and oxygen atoms in total. The molecule has 0 radical (unpaired) electrons. The molecule has 2 heterocycles. The molecule has 1 amide bonds. The van der Waals surface area contributed by atoms with Crippen molar-refractivity contribution >= 4 is 44.4 Å². The zero-order valence-corrected chi connectivity index (χ0v) is 17.6. The standard InChI is InChI=1S/C21H17BrClNO4/c1-11-9-16-14(10-15(11)23)19(25)17-18(12-3-5-13(22)6-4-12)24(7-8-27-2)21(26)20(17)28-16/h3-6,9-10,18H,7-8H2,1-2H3. The molecule has 1 aromatic heterocycles. The molecule has 0 saturated heterocycles. The maximum atomic E-state index is 13.4. The van der Waals surface area contributed by atoms with Crippen LogP contribution in [0.3, 0.4) is 0 Å². The Balaban J connectivity index is 1.98. The average molecular weight is 463 g/mol. The summed E-state index contributed by atoms with van der Waals surface area (Å²) in [5, 5.41) is 0.860. The second kappa shape index (κ2) is 7.35. The van der Waals surface area contributed by atoms with Crippen molar-refractivity contribution in [2.75, 3.05) is 20.3 Å². The Hall–Kier alpha value is -2.15. The maximum absolute atomic E-state index is 13.4. The summed E-state index contributed by atoms with van der Waals surface area (Å²) >= 11 is 9.65. The van der Waals surface area contributed by atoms with E-state index in [4.69, 9.17) is 20.8 Å². The second-order valence-electron chi connectivity index (χ2n) is 6.72. The van der Waals surface area contributed by atoms with Gasteiger partial charge >= 0.3 is 0 Å². The average Bonchev–Trinajstić information content (AvgIpc) is 2.95. The van der Waals surface area contributed by atoms with Crippen molar-refractivity contribution in [3.05, 3.63) is 78.6 Å². The van der Waals surface area contributed by atoms with Crippen molar-refractivity contribution in [2.24, 2.45) is 0 Å². The molecule has 28 heavy (non-hydrogen) atoms. The lowest BCUT2D eigenvalue weighted by Gasteiger charge is -2.24. The summed E-state index contributed by atoms with van der Waals surface area (Å²) < 4.78 is 12.0. The first-order chi connectivity index (χ1) is 13.4. The smallest absolute Gasteiger partial charge is 0.290 e. The molecule has 1 aliphatic rings. The number of hydrogen-bond donors (Lipinski definition) is 0. The quantitative estimate of drug-likeness (QED) is 0.563. The molecule has 3 aromatic rings. The molecule has 144 valence electrons. The minimum atomic E-state index is -0.536. The van der Waals surface area contributed by atoms with Crippen LogP contribution in [0, 0.1) is 6.92 Å². The second-order valence-corrected chi connectivity index (χ2v) is 8.04. The van der Waals surface area contributed by atoms with Crippen molar-refractivity contribution in [3.8, 4) is 0 Å². The van der Waals surface area contributed by atoms with E-state index in [0.717, 1.165) is 15.6 Å². The highest BCUT2D eigenvalue weighted by molar-refractivity contribution is 9.10. The third-order valence-corrected chi connectivity index (χ3v) is 5.90. The van der Waals surface area contributed by atoms with Gasteiger partial charge in [-0.1, -0.05) is 39.7 Å².